The Kier molecular flexibility index (Phi) is 3.20. The van der Waals surface area contributed by atoms with Gasteiger partial charge in [0.2, 0.25) is 0 Å². The normalized spacial score (nSPS) is 8.45. The number of carbonyl (C=O) groups excluding carboxylic acids is 1. The lowest BCUT2D eigenvalue weighted by molar-refractivity contribution is 0.0996. The Hall–Kier alpha value is -1.42. The van der Waals surface area contributed by atoms with Crippen molar-refractivity contribution in [2.75, 3.05) is 0 Å². The molecular formula is C7H8FNO2. The van der Waals surface area contributed by atoms with E-state index in [0.717, 1.165) is 0 Å². The minimum Gasteiger partial charge on any atom is -0.412 e. The summed E-state index contributed by atoms with van der Waals surface area (Å²) in [5.41, 5.74) is 4.77. The van der Waals surface area contributed by atoms with Crippen LogP contribution in [0, 0.1) is 5.82 Å². The molecule has 1 rings (SSSR count). The van der Waals surface area contributed by atoms with E-state index >= 15 is 0 Å². The second-order valence-corrected chi connectivity index (χ2v) is 1.84. The van der Waals surface area contributed by atoms with Gasteiger partial charge in [-0.1, -0.05) is 12.1 Å². The average Bonchev–Trinajstić information content (AvgIpc) is 1.88. The van der Waals surface area contributed by atoms with E-state index in [2.05, 4.69) is 0 Å². The molecule has 0 aromatic heterocycles. The minimum absolute atomic E-state index is 0. The highest BCUT2D eigenvalue weighted by Gasteiger charge is 2.04. The van der Waals surface area contributed by atoms with Crippen LogP contribution >= 0.6 is 0 Å². The van der Waals surface area contributed by atoms with E-state index < -0.39 is 11.7 Å². The molecule has 0 bridgehead atoms. The number of rotatable bonds is 1. The Morgan fingerprint density at radius 3 is 2.27 bits per heavy atom. The molecule has 4 heteroatoms. The average molecular weight is 157 g/mol. The van der Waals surface area contributed by atoms with Gasteiger partial charge in [-0.25, -0.2) is 4.39 Å². The Bertz CT molecular complexity index is 262. The molecule has 0 spiro atoms. The fourth-order valence-corrected chi connectivity index (χ4v) is 0.661. The lowest BCUT2D eigenvalue weighted by Crippen LogP contribution is -2.12. The fourth-order valence-electron chi connectivity index (χ4n) is 0.661. The van der Waals surface area contributed by atoms with Crippen molar-refractivity contribution >= 4 is 5.91 Å². The Morgan fingerprint density at radius 1 is 1.36 bits per heavy atom. The predicted molar refractivity (Wildman–Crippen MR) is 38.5 cm³/mol. The van der Waals surface area contributed by atoms with Gasteiger partial charge in [0.05, 0.1) is 5.56 Å². The molecule has 11 heavy (non-hydrogen) atoms. The molecule has 0 saturated heterocycles. The molecule has 0 atom stereocenters. The molecule has 4 N–H and O–H groups in total. The fraction of sp³-hybridized carbons (Fsp3) is 0. The molecule has 1 amide bonds. The summed E-state index contributed by atoms with van der Waals surface area (Å²) in [4.78, 5) is 10.4. The van der Waals surface area contributed by atoms with Crippen molar-refractivity contribution in [3.63, 3.8) is 0 Å². The third-order valence-corrected chi connectivity index (χ3v) is 1.14. The number of hydrogen-bond acceptors (Lipinski definition) is 1. The molecule has 1 aromatic rings. The third-order valence-electron chi connectivity index (χ3n) is 1.14. The van der Waals surface area contributed by atoms with Gasteiger partial charge in [-0.2, -0.15) is 0 Å². The van der Waals surface area contributed by atoms with Crippen molar-refractivity contribution in [3.05, 3.63) is 35.6 Å². The highest BCUT2D eigenvalue weighted by atomic mass is 19.1. The van der Waals surface area contributed by atoms with Crippen LogP contribution in [0.3, 0.4) is 0 Å². The van der Waals surface area contributed by atoms with Gasteiger partial charge >= 0.3 is 0 Å². The molecule has 0 saturated carbocycles. The first-order chi connectivity index (χ1) is 4.72. The highest BCUT2D eigenvalue weighted by molar-refractivity contribution is 5.92. The van der Waals surface area contributed by atoms with Crippen LogP contribution in [0.1, 0.15) is 10.4 Å². The topological polar surface area (TPSA) is 74.6 Å². The summed E-state index contributed by atoms with van der Waals surface area (Å²) in [6, 6.07) is 5.60. The van der Waals surface area contributed by atoms with Crippen LogP contribution in [0.4, 0.5) is 4.39 Å². The molecule has 3 nitrogen and oxygen atoms in total. The van der Waals surface area contributed by atoms with Crippen LogP contribution in [0.5, 0.6) is 0 Å². The predicted octanol–water partition coefficient (Wildman–Crippen LogP) is 0.0999. The van der Waals surface area contributed by atoms with Crippen molar-refractivity contribution in [3.8, 4) is 0 Å². The summed E-state index contributed by atoms with van der Waals surface area (Å²) in [5, 5.41) is 0. The Balaban J connectivity index is 0.000001000. The molecule has 0 radical (unpaired) electrons. The molecule has 0 aliphatic carbocycles. The maximum Gasteiger partial charge on any atom is 0.251 e. The molecule has 0 unspecified atom stereocenters. The van der Waals surface area contributed by atoms with Gasteiger partial charge in [0, 0.05) is 0 Å². The van der Waals surface area contributed by atoms with Crippen LogP contribution in [0.2, 0.25) is 0 Å². The first-order valence-electron chi connectivity index (χ1n) is 2.76. The first-order valence-corrected chi connectivity index (χ1v) is 2.76. The van der Waals surface area contributed by atoms with Crippen molar-refractivity contribution in [2.24, 2.45) is 5.73 Å². The van der Waals surface area contributed by atoms with Gasteiger partial charge in [-0.05, 0) is 12.1 Å². The number of amides is 1. The molecule has 1 aromatic carbocycles. The summed E-state index contributed by atoms with van der Waals surface area (Å²) in [5.74, 6) is -1.31. The smallest absolute Gasteiger partial charge is 0.251 e. The summed E-state index contributed by atoms with van der Waals surface area (Å²) in [7, 11) is 0. The summed E-state index contributed by atoms with van der Waals surface area (Å²) in [6.45, 7) is 0. The lowest BCUT2D eigenvalue weighted by atomic mass is 10.2. The van der Waals surface area contributed by atoms with Gasteiger partial charge in [-0.3, -0.25) is 4.79 Å². The summed E-state index contributed by atoms with van der Waals surface area (Å²) in [6.07, 6.45) is 0. The Morgan fingerprint density at radius 2 is 1.91 bits per heavy atom. The second kappa shape index (κ2) is 3.68. The van der Waals surface area contributed by atoms with Gasteiger partial charge in [-0.15, -0.1) is 0 Å². The van der Waals surface area contributed by atoms with Crippen LogP contribution < -0.4 is 5.73 Å². The molecule has 60 valence electrons. The van der Waals surface area contributed by atoms with Crippen molar-refractivity contribution in [1.29, 1.82) is 0 Å². The number of primary amides is 1. The van der Waals surface area contributed by atoms with Crippen molar-refractivity contribution < 1.29 is 14.7 Å². The number of carbonyl (C=O) groups is 1. The quantitative estimate of drug-likeness (QED) is 0.616. The van der Waals surface area contributed by atoms with Gasteiger partial charge < -0.3 is 11.2 Å². The van der Waals surface area contributed by atoms with Crippen LogP contribution in [0.25, 0.3) is 0 Å². The maximum absolute atomic E-state index is 12.5. The third kappa shape index (κ3) is 2.01. The Labute approximate surface area is 62.9 Å². The van der Waals surface area contributed by atoms with Crippen LogP contribution in [-0.4, -0.2) is 11.4 Å². The zero-order valence-corrected chi connectivity index (χ0v) is 5.67. The van der Waals surface area contributed by atoms with E-state index in [1.165, 1.54) is 18.2 Å². The highest BCUT2D eigenvalue weighted by Crippen LogP contribution is 2.03. The monoisotopic (exact) mass is 157 g/mol. The van der Waals surface area contributed by atoms with Crippen molar-refractivity contribution in [2.45, 2.75) is 0 Å². The maximum atomic E-state index is 12.5. The van der Waals surface area contributed by atoms with E-state index in [1.807, 2.05) is 0 Å². The zero-order chi connectivity index (χ0) is 7.56. The zero-order valence-electron chi connectivity index (χ0n) is 5.67. The molecule has 0 aliphatic rings. The first kappa shape index (κ1) is 9.58. The van der Waals surface area contributed by atoms with Gasteiger partial charge in [0.25, 0.3) is 5.91 Å². The van der Waals surface area contributed by atoms with Gasteiger partial charge in [0.15, 0.2) is 0 Å². The minimum atomic E-state index is -0.738. The SMILES string of the molecule is NC(=O)c1ccccc1F.O. The molecular weight excluding hydrogens is 149 g/mol. The number of nitrogens with two attached hydrogens (primary N) is 1. The van der Waals surface area contributed by atoms with E-state index in [4.69, 9.17) is 5.73 Å². The summed E-state index contributed by atoms with van der Waals surface area (Å²) >= 11 is 0. The van der Waals surface area contributed by atoms with E-state index in [0.29, 0.717) is 0 Å². The number of halogens is 1. The largest absolute Gasteiger partial charge is 0.412 e. The molecule has 0 aliphatic heterocycles. The number of hydrogen-bond donors (Lipinski definition) is 1. The van der Waals surface area contributed by atoms with Gasteiger partial charge in [0.1, 0.15) is 5.82 Å². The molecule has 0 heterocycles. The van der Waals surface area contributed by atoms with Crippen molar-refractivity contribution in [1.82, 2.24) is 0 Å². The summed E-state index contributed by atoms with van der Waals surface area (Å²) < 4.78 is 12.5. The van der Waals surface area contributed by atoms with Crippen LogP contribution in [-0.2, 0) is 0 Å². The standard InChI is InChI=1S/C7H6FNO.H2O/c8-6-4-2-1-3-5(6)7(9)10;/h1-4H,(H2,9,10);1H2. The molecule has 0 fully saturated rings. The van der Waals surface area contributed by atoms with E-state index in [-0.39, 0.29) is 11.0 Å². The van der Waals surface area contributed by atoms with Crippen LogP contribution in [0.15, 0.2) is 24.3 Å². The second-order valence-electron chi connectivity index (χ2n) is 1.84. The lowest BCUT2D eigenvalue weighted by Gasteiger charge is -1.94. The number of benzene rings is 1. The van der Waals surface area contributed by atoms with E-state index in [9.17, 15) is 9.18 Å². The van der Waals surface area contributed by atoms with E-state index in [1.54, 1.807) is 6.07 Å².